The lowest BCUT2D eigenvalue weighted by Crippen LogP contribution is -2.05. The minimum absolute atomic E-state index is 0.198. The van der Waals surface area contributed by atoms with Crippen LogP contribution in [0.1, 0.15) is 27.0 Å². The van der Waals surface area contributed by atoms with Crippen LogP contribution in [0.4, 0.5) is 15.8 Å². The number of H-pyrrole nitrogens is 1. The predicted octanol–water partition coefficient (Wildman–Crippen LogP) is 5.25. The molecule has 30 heavy (non-hydrogen) atoms. The van der Waals surface area contributed by atoms with Crippen molar-refractivity contribution in [3.8, 4) is 11.4 Å². The van der Waals surface area contributed by atoms with Crippen LogP contribution >= 0.6 is 11.6 Å². The largest absolute Gasteiger partial charge is 0.355 e. The molecule has 1 aromatic heterocycles. The van der Waals surface area contributed by atoms with Crippen LogP contribution in [0.5, 0.6) is 0 Å². The molecule has 150 valence electrons. The zero-order valence-corrected chi connectivity index (χ0v) is 17.0. The van der Waals surface area contributed by atoms with Gasteiger partial charge in [0.25, 0.3) is 0 Å². The van der Waals surface area contributed by atoms with Gasteiger partial charge in [-0.3, -0.25) is 4.79 Å². The molecule has 6 nitrogen and oxygen atoms in total. The van der Waals surface area contributed by atoms with Crippen molar-refractivity contribution < 1.29 is 9.18 Å². The van der Waals surface area contributed by atoms with Gasteiger partial charge in [0.15, 0.2) is 11.6 Å². The molecule has 0 unspecified atom stereocenters. The first kappa shape index (κ1) is 19.7. The number of hydrogen-bond donors (Lipinski definition) is 2. The van der Waals surface area contributed by atoms with E-state index in [1.165, 1.54) is 12.1 Å². The zero-order chi connectivity index (χ0) is 21.3. The summed E-state index contributed by atoms with van der Waals surface area (Å²) in [5.41, 5.74) is 4.64. The second kappa shape index (κ2) is 8.04. The van der Waals surface area contributed by atoms with Crippen molar-refractivity contribution in [3.05, 3.63) is 87.7 Å². The summed E-state index contributed by atoms with van der Waals surface area (Å²) >= 11 is 6.44. The summed E-state index contributed by atoms with van der Waals surface area (Å²) in [7, 11) is 0. The Morgan fingerprint density at radius 2 is 1.83 bits per heavy atom. The van der Waals surface area contributed by atoms with Gasteiger partial charge in [-0.2, -0.15) is 0 Å². The van der Waals surface area contributed by atoms with E-state index in [9.17, 15) is 9.18 Å². The lowest BCUT2D eigenvalue weighted by Gasteiger charge is -2.12. The first-order valence-corrected chi connectivity index (χ1v) is 9.52. The number of hydrogen-bond acceptors (Lipinski definition) is 5. The fraction of sp³-hybridized carbons (Fsp3) is 0.0909. The Bertz CT molecular complexity index is 1240. The number of anilines is 2. The summed E-state index contributed by atoms with van der Waals surface area (Å²) in [4.78, 5) is 13.2. The van der Waals surface area contributed by atoms with Gasteiger partial charge in [0.05, 0.1) is 5.02 Å². The van der Waals surface area contributed by atoms with E-state index in [0.29, 0.717) is 33.2 Å². The van der Waals surface area contributed by atoms with Gasteiger partial charge in [-0.05, 0) is 77.9 Å². The van der Waals surface area contributed by atoms with Crippen LogP contribution in [-0.2, 0) is 0 Å². The Hall–Kier alpha value is -3.58. The van der Waals surface area contributed by atoms with Crippen molar-refractivity contribution in [1.29, 1.82) is 0 Å². The molecule has 2 N–H and O–H groups in total. The summed E-state index contributed by atoms with van der Waals surface area (Å²) in [5, 5.41) is 17.2. The SMILES string of the molecule is Cc1cc(F)ccc1Nc1ccc(C(=O)c2cc(-c3nnn[nH]3)ccc2C)c(Cl)c1. The molecule has 0 spiro atoms. The Balaban J connectivity index is 1.63. The van der Waals surface area contributed by atoms with E-state index in [-0.39, 0.29) is 11.6 Å². The van der Waals surface area contributed by atoms with Crippen molar-refractivity contribution in [2.24, 2.45) is 0 Å². The predicted molar refractivity (Wildman–Crippen MR) is 114 cm³/mol. The number of nitrogens with zero attached hydrogens (tertiary/aromatic N) is 3. The number of rotatable bonds is 5. The Morgan fingerprint density at radius 1 is 1.00 bits per heavy atom. The molecule has 0 atom stereocenters. The molecule has 4 aromatic rings. The van der Waals surface area contributed by atoms with Gasteiger partial charge in [-0.15, -0.1) is 5.10 Å². The number of tetrazole rings is 1. The third-order valence-electron chi connectivity index (χ3n) is 4.78. The Morgan fingerprint density at radius 3 is 2.53 bits per heavy atom. The average Bonchev–Trinajstić information content (AvgIpc) is 3.25. The van der Waals surface area contributed by atoms with E-state index in [0.717, 1.165) is 16.8 Å². The van der Waals surface area contributed by atoms with Crippen molar-refractivity contribution in [2.45, 2.75) is 13.8 Å². The molecule has 0 saturated heterocycles. The van der Waals surface area contributed by atoms with Crippen molar-refractivity contribution in [1.82, 2.24) is 20.6 Å². The molecule has 8 heteroatoms. The highest BCUT2D eigenvalue weighted by atomic mass is 35.5. The van der Waals surface area contributed by atoms with Crippen molar-refractivity contribution in [3.63, 3.8) is 0 Å². The number of aryl methyl sites for hydroxylation is 2. The molecule has 0 aliphatic carbocycles. The normalized spacial score (nSPS) is 10.8. The molecular formula is C22H17ClFN5O. The second-order valence-electron chi connectivity index (χ2n) is 6.89. The van der Waals surface area contributed by atoms with Gasteiger partial charge in [0, 0.05) is 28.1 Å². The highest BCUT2D eigenvalue weighted by Crippen LogP contribution is 2.29. The number of benzene rings is 3. The summed E-state index contributed by atoms with van der Waals surface area (Å²) < 4.78 is 13.3. The van der Waals surface area contributed by atoms with Gasteiger partial charge in [-0.1, -0.05) is 23.7 Å². The zero-order valence-electron chi connectivity index (χ0n) is 16.2. The Kier molecular flexibility index (Phi) is 5.29. The number of carbonyl (C=O) groups is 1. The van der Waals surface area contributed by atoms with Gasteiger partial charge in [-0.25, -0.2) is 9.49 Å². The number of aromatic amines is 1. The molecule has 0 amide bonds. The van der Waals surface area contributed by atoms with Gasteiger partial charge in [0.1, 0.15) is 5.82 Å². The molecule has 0 aliphatic heterocycles. The fourth-order valence-electron chi connectivity index (χ4n) is 3.14. The lowest BCUT2D eigenvalue weighted by molar-refractivity contribution is 0.103. The number of ketones is 1. The smallest absolute Gasteiger partial charge is 0.194 e. The molecule has 0 radical (unpaired) electrons. The quantitative estimate of drug-likeness (QED) is 0.430. The van der Waals surface area contributed by atoms with E-state index >= 15 is 0 Å². The molecule has 0 fully saturated rings. The molecule has 0 aliphatic rings. The number of carbonyl (C=O) groups excluding carboxylic acids is 1. The van der Waals surface area contributed by atoms with E-state index < -0.39 is 0 Å². The van der Waals surface area contributed by atoms with E-state index in [1.807, 2.05) is 26.0 Å². The first-order chi connectivity index (χ1) is 14.4. The van der Waals surface area contributed by atoms with E-state index in [4.69, 9.17) is 11.6 Å². The highest BCUT2D eigenvalue weighted by molar-refractivity contribution is 6.35. The maximum Gasteiger partial charge on any atom is 0.194 e. The van der Waals surface area contributed by atoms with E-state index in [2.05, 4.69) is 25.9 Å². The van der Waals surface area contributed by atoms with Gasteiger partial charge >= 0.3 is 0 Å². The summed E-state index contributed by atoms with van der Waals surface area (Å²) in [6.45, 7) is 3.67. The Labute approximate surface area is 177 Å². The topological polar surface area (TPSA) is 83.6 Å². The maximum absolute atomic E-state index is 13.3. The average molecular weight is 422 g/mol. The van der Waals surface area contributed by atoms with Crippen LogP contribution in [0.25, 0.3) is 11.4 Å². The van der Waals surface area contributed by atoms with Crippen LogP contribution < -0.4 is 5.32 Å². The van der Waals surface area contributed by atoms with Crippen LogP contribution in [0.3, 0.4) is 0 Å². The summed E-state index contributed by atoms with van der Waals surface area (Å²) in [5.74, 6) is -0.0172. The number of aromatic nitrogens is 4. The third kappa shape index (κ3) is 3.92. The van der Waals surface area contributed by atoms with E-state index in [1.54, 1.807) is 30.3 Å². The van der Waals surface area contributed by atoms with Crippen LogP contribution in [0.15, 0.2) is 54.6 Å². The molecule has 0 bridgehead atoms. The van der Waals surface area contributed by atoms with Gasteiger partial charge < -0.3 is 5.32 Å². The fourth-order valence-corrected chi connectivity index (χ4v) is 3.41. The highest BCUT2D eigenvalue weighted by Gasteiger charge is 2.17. The summed E-state index contributed by atoms with van der Waals surface area (Å²) in [6.07, 6.45) is 0. The molecule has 3 aromatic carbocycles. The summed E-state index contributed by atoms with van der Waals surface area (Å²) in [6, 6.07) is 15.0. The standard InChI is InChI=1S/C22H17ClFN5O/c1-12-3-4-14(22-26-28-29-27-22)10-18(12)21(30)17-7-6-16(11-19(17)23)25-20-8-5-15(24)9-13(20)2/h3-11,25H,1-2H3,(H,26,27,28,29). The van der Waals surface area contributed by atoms with Crippen molar-refractivity contribution in [2.75, 3.05) is 5.32 Å². The van der Waals surface area contributed by atoms with Crippen LogP contribution in [0.2, 0.25) is 5.02 Å². The second-order valence-corrected chi connectivity index (χ2v) is 7.29. The van der Waals surface area contributed by atoms with Gasteiger partial charge in [0.2, 0.25) is 0 Å². The minimum Gasteiger partial charge on any atom is -0.355 e. The first-order valence-electron chi connectivity index (χ1n) is 9.14. The number of nitrogens with one attached hydrogen (secondary N) is 2. The van der Waals surface area contributed by atoms with Crippen LogP contribution in [0, 0.1) is 19.7 Å². The lowest BCUT2D eigenvalue weighted by atomic mass is 9.96. The van der Waals surface area contributed by atoms with Crippen LogP contribution in [-0.4, -0.2) is 26.4 Å². The monoisotopic (exact) mass is 421 g/mol. The molecule has 4 rings (SSSR count). The third-order valence-corrected chi connectivity index (χ3v) is 5.09. The van der Waals surface area contributed by atoms with Crippen molar-refractivity contribution >= 4 is 28.8 Å². The molecule has 0 saturated carbocycles. The maximum atomic E-state index is 13.3. The molecular weight excluding hydrogens is 405 g/mol. The number of halogens is 2. The minimum atomic E-state index is -0.296. The molecule has 1 heterocycles.